The number of thiophene rings is 2. The van der Waals surface area contributed by atoms with Crippen LogP contribution in [0.2, 0.25) is 0 Å². The Labute approximate surface area is 180 Å². The fourth-order valence-electron chi connectivity index (χ4n) is 3.17. The van der Waals surface area contributed by atoms with Crippen molar-refractivity contribution in [3.05, 3.63) is 50.5 Å². The van der Waals surface area contributed by atoms with Gasteiger partial charge in [0.05, 0.1) is 23.1 Å². The zero-order chi connectivity index (χ0) is 21.3. The first kappa shape index (κ1) is 20.4. The van der Waals surface area contributed by atoms with Gasteiger partial charge in [-0.3, -0.25) is 14.2 Å². The first-order chi connectivity index (χ1) is 14.5. The summed E-state index contributed by atoms with van der Waals surface area (Å²) in [4.78, 5) is 34.5. The van der Waals surface area contributed by atoms with E-state index in [1.807, 2.05) is 38.3 Å². The molecule has 0 spiro atoms. The molecule has 0 bridgehead atoms. The van der Waals surface area contributed by atoms with Crippen LogP contribution in [0.25, 0.3) is 21.0 Å². The molecule has 0 atom stereocenters. The van der Waals surface area contributed by atoms with Gasteiger partial charge >= 0.3 is 0 Å². The van der Waals surface area contributed by atoms with Crippen molar-refractivity contribution in [2.24, 2.45) is 0 Å². The van der Waals surface area contributed by atoms with Crippen molar-refractivity contribution in [1.82, 2.24) is 24.6 Å². The maximum absolute atomic E-state index is 13.0. The Morgan fingerprint density at radius 1 is 1.30 bits per heavy atom. The third-order valence-electron chi connectivity index (χ3n) is 4.83. The Morgan fingerprint density at radius 3 is 2.87 bits per heavy atom. The molecule has 0 radical (unpaired) electrons. The van der Waals surface area contributed by atoms with Crippen LogP contribution < -0.4 is 5.56 Å². The Morgan fingerprint density at radius 2 is 2.13 bits per heavy atom. The van der Waals surface area contributed by atoms with Gasteiger partial charge in [0.1, 0.15) is 11.4 Å². The predicted octanol–water partition coefficient (Wildman–Crippen LogP) is 3.63. The molecule has 0 aromatic carbocycles. The smallest absolute Gasteiger partial charge is 0.262 e. The van der Waals surface area contributed by atoms with Crippen LogP contribution in [-0.2, 0) is 17.9 Å². The molecule has 1 amide bonds. The van der Waals surface area contributed by atoms with Crippen molar-refractivity contribution >= 4 is 38.8 Å². The number of carbonyl (C=O) groups excluding carboxylic acids is 1. The Hall–Kier alpha value is -2.85. The van der Waals surface area contributed by atoms with Crippen LogP contribution in [-0.4, -0.2) is 37.1 Å². The largest absolute Gasteiger partial charge is 0.418 e. The summed E-state index contributed by atoms with van der Waals surface area (Å²) in [7, 11) is 0. The molecule has 0 aliphatic carbocycles. The van der Waals surface area contributed by atoms with Crippen LogP contribution in [0.3, 0.4) is 0 Å². The second kappa shape index (κ2) is 8.49. The van der Waals surface area contributed by atoms with Gasteiger partial charge in [-0.25, -0.2) is 4.98 Å². The molecule has 4 aromatic rings. The molecule has 4 aromatic heterocycles. The van der Waals surface area contributed by atoms with Gasteiger partial charge in [-0.05, 0) is 37.3 Å². The third kappa shape index (κ3) is 3.92. The molecule has 0 saturated carbocycles. The molecule has 4 heterocycles. The number of amides is 1. The van der Waals surface area contributed by atoms with Gasteiger partial charge in [0, 0.05) is 11.4 Å². The summed E-state index contributed by atoms with van der Waals surface area (Å²) in [5.74, 6) is 0.615. The van der Waals surface area contributed by atoms with E-state index in [4.69, 9.17) is 4.42 Å². The Kier molecular flexibility index (Phi) is 5.78. The summed E-state index contributed by atoms with van der Waals surface area (Å²) in [6.45, 7) is 6.51. The highest BCUT2D eigenvalue weighted by molar-refractivity contribution is 7.18. The lowest BCUT2D eigenvalue weighted by atomic mass is 10.2. The number of hydrogen-bond donors (Lipinski definition) is 0. The number of hydrogen-bond acceptors (Lipinski definition) is 8. The molecule has 0 N–H and O–H groups in total. The van der Waals surface area contributed by atoms with Crippen LogP contribution in [0.15, 0.2) is 33.1 Å². The second-order valence-electron chi connectivity index (χ2n) is 6.93. The van der Waals surface area contributed by atoms with E-state index in [0.29, 0.717) is 28.5 Å². The van der Waals surface area contributed by atoms with Crippen molar-refractivity contribution in [2.75, 3.05) is 6.54 Å². The van der Waals surface area contributed by atoms with E-state index in [1.54, 1.807) is 4.90 Å². The number of nitrogens with zero attached hydrogens (tertiary/aromatic N) is 5. The number of fused-ring (bicyclic) bond motifs is 1. The minimum absolute atomic E-state index is 0.0813. The van der Waals surface area contributed by atoms with Crippen LogP contribution in [0.5, 0.6) is 0 Å². The topological polar surface area (TPSA) is 94.1 Å². The van der Waals surface area contributed by atoms with Crippen molar-refractivity contribution in [3.63, 3.8) is 0 Å². The van der Waals surface area contributed by atoms with E-state index < -0.39 is 0 Å². The summed E-state index contributed by atoms with van der Waals surface area (Å²) < 4.78 is 7.09. The fourth-order valence-corrected chi connectivity index (χ4v) is 4.80. The summed E-state index contributed by atoms with van der Waals surface area (Å²) in [6, 6.07) is 3.82. The van der Waals surface area contributed by atoms with Gasteiger partial charge in [0.2, 0.25) is 11.8 Å². The number of carbonyl (C=O) groups is 1. The van der Waals surface area contributed by atoms with Gasteiger partial charge in [0.15, 0.2) is 0 Å². The quantitative estimate of drug-likeness (QED) is 0.433. The van der Waals surface area contributed by atoms with Crippen molar-refractivity contribution in [2.45, 2.75) is 40.3 Å². The maximum atomic E-state index is 13.0. The molecule has 0 aliphatic heterocycles. The minimum atomic E-state index is -0.194. The summed E-state index contributed by atoms with van der Waals surface area (Å²) >= 11 is 3.00. The maximum Gasteiger partial charge on any atom is 0.262 e. The van der Waals surface area contributed by atoms with Crippen LogP contribution in [0, 0.1) is 13.8 Å². The molecule has 10 heteroatoms. The highest BCUT2D eigenvalue weighted by Crippen LogP contribution is 2.25. The van der Waals surface area contributed by atoms with Crippen LogP contribution in [0.4, 0.5) is 0 Å². The second-order valence-corrected chi connectivity index (χ2v) is 9.09. The van der Waals surface area contributed by atoms with Crippen molar-refractivity contribution in [3.8, 4) is 10.8 Å². The fraction of sp³-hybridized carbons (Fsp3) is 0.350. The van der Waals surface area contributed by atoms with Gasteiger partial charge in [-0.2, -0.15) is 0 Å². The Balaban J connectivity index is 1.54. The highest BCUT2D eigenvalue weighted by atomic mass is 32.1. The monoisotopic (exact) mass is 443 g/mol. The van der Waals surface area contributed by atoms with Crippen molar-refractivity contribution < 1.29 is 9.21 Å². The molecular weight excluding hydrogens is 422 g/mol. The van der Waals surface area contributed by atoms with Crippen LogP contribution in [0.1, 0.15) is 29.7 Å². The lowest BCUT2D eigenvalue weighted by Crippen LogP contribution is -2.36. The summed E-state index contributed by atoms with van der Waals surface area (Å²) in [5.41, 5.74) is 0.733. The first-order valence-corrected chi connectivity index (χ1v) is 11.3. The first-order valence-electron chi connectivity index (χ1n) is 9.57. The average Bonchev–Trinajstić information content (AvgIpc) is 3.45. The van der Waals surface area contributed by atoms with E-state index in [0.717, 1.165) is 21.7 Å². The molecule has 8 nitrogen and oxygen atoms in total. The number of rotatable bonds is 7. The highest BCUT2D eigenvalue weighted by Gasteiger charge is 2.20. The molecule has 4 rings (SSSR count). The zero-order valence-corrected chi connectivity index (χ0v) is 18.5. The molecule has 156 valence electrons. The molecule has 30 heavy (non-hydrogen) atoms. The third-order valence-corrected chi connectivity index (χ3v) is 6.81. The lowest BCUT2D eigenvalue weighted by molar-refractivity contribution is -0.132. The van der Waals surface area contributed by atoms with Crippen LogP contribution >= 0.6 is 22.7 Å². The molecule has 0 saturated heterocycles. The normalized spacial score (nSPS) is 11.3. The average molecular weight is 444 g/mol. The molecule has 0 aliphatic rings. The van der Waals surface area contributed by atoms with Gasteiger partial charge in [-0.15, -0.1) is 32.9 Å². The van der Waals surface area contributed by atoms with E-state index in [2.05, 4.69) is 15.2 Å². The molecular formula is C20H21N5O3S2. The van der Waals surface area contributed by atoms with Gasteiger partial charge in [-0.1, -0.05) is 13.0 Å². The number of aryl methyl sites for hydroxylation is 2. The van der Waals surface area contributed by atoms with Gasteiger partial charge < -0.3 is 9.32 Å². The SMILES string of the molecule is CCCN(Cc1nnc(-c2cccs2)o1)C(=O)Cn1cnc2sc(C)c(C)c2c1=O. The Bertz CT molecular complexity index is 1240. The van der Waals surface area contributed by atoms with Crippen molar-refractivity contribution in [1.29, 1.82) is 0 Å². The summed E-state index contributed by atoms with van der Waals surface area (Å²) in [5, 5.41) is 10.7. The van der Waals surface area contributed by atoms with E-state index in [1.165, 1.54) is 33.6 Å². The van der Waals surface area contributed by atoms with E-state index in [9.17, 15) is 9.59 Å². The predicted molar refractivity (Wildman–Crippen MR) is 117 cm³/mol. The summed E-state index contributed by atoms with van der Waals surface area (Å²) in [6.07, 6.45) is 2.22. The standard InChI is InChI=1S/C20H21N5O3S2/c1-4-7-24(9-15-22-23-18(28-15)14-6-5-8-29-14)16(26)10-25-11-21-19-17(20(25)27)12(2)13(3)30-19/h5-6,8,11H,4,7,9-10H2,1-3H3. The van der Waals surface area contributed by atoms with Gasteiger partial charge in [0.25, 0.3) is 11.4 Å². The van der Waals surface area contributed by atoms with E-state index >= 15 is 0 Å². The molecule has 0 unspecified atom stereocenters. The van der Waals surface area contributed by atoms with E-state index in [-0.39, 0.29) is 24.6 Å². The number of aromatic nitrogens is 4. The lowest BCUT2D eigenvalue weighted by Gasteiger charge is -2.20. The molecule has 0 fully saturated rings. The minimum Gasteiger partial charge on any atom is -0.418 e. The zero-order valence-electron chi connectivity index (χ0n) is 16.9.